The second-order valence-corrected chi connectivity index (χ2v) is 8.86. The Bertz CT molecular complexity index is 1130. The number of hydrogen-bond donors (Lipinski definition) is 0. The number of carbonyl (C=O) groups is 2. The van der Waals surface area contributed by atoms with Crippen molar-refractivity contribution in [2.24, 2.45) is 4.99 Å². The summed E-state index contributed by atoms with van der Waals surface area (Å²) in [4.78, 5) is 32.4. The average molecular weight is 480 g/mol. The number of rotatable bonds is 4. The molecule has 10 heteroatoms. The first-order valence-corrected chi connectivity index (χ1v) is 11.1. The number of aliphatic imine (C=N–C) groups is 1. The fourth-order valence-corrected chi connectivity index (χ4v) is 5.03. The summed E-state index contributed by atoms with van der Waals surface area (Å²) in [6.45, 7) is 0.298. The maximum Gasteiger partial charge on any atom is 0.358 e. The van der Waals surface area contributed by atoms with Gasteiger partial charge in [0.15, 0.2) is 0 Å². The van der Waals surface area contributed by atoms with Gasteiger partial charge in [-0.3, -0.25) is 14.6 Å². The molecule has 1 fully saturated rings. The Kier molecular flexibility index (Phi) is 6.05. The predicted octanol–water partition coefficient (Wildman–Crippen LogP) is 4.24. The maximum atomic E-state index is 14.3. The lowest BCUT2D eigenvalue weighted by molar-refractivity contribution is -0.548. The van der Waals surface area contributed by atoms with Crippen LogP contribution in [-0.4, -0.2) is 57.5 Å². The Morgan fingerprint density at radius 2 is 1.77 bits per heavy atom. The number of amides is 3. The number of fused-ring (bicyclic) bond motifs is 1. The number of carbonyl (C=O) groups excluding carboxylic acids is 2. The first-order chi connectivity index (χ1) is 14.8. The summed E-state index contributed by atoms with van der Waals surface area (Å²) in [6, 6.07) is 10.6. The second-order valence-electron chi connectivity index (χ2n) is 7.10. The molecule has 0 radical (unpaired) electrons. The molecule has 0 bridgehead atoms. The standard InChI is InChI=1S/C21H18Cl2FN4O2S/c1-26-18-17(19(29)27(2)21(26)30)28(10-12-6-3-4-7-14(12)22)20(25-18)31-11-13-15(23)8-5-9-16(13)24/h3-9,17H,10-11H2,1-2H3/q+1. The zero-order valence-electron chi connectivity index (χ0n) is 16.7. The summed E-state index contributed by atoms with van der Waals surface area (Å²) in [7, 11) is 3.02. The van der Waals surface area contributed by atoms with E-state index in [9.17, 15) is 14.0 Å². The molecule has 2 aromatic carbocycles. The van der Waals surface area contributed by atoms with Crippen LogP contribution in [0.5, 0.6) is 0 Å². The highest BCUT2D eigenvalue weighted by Crippen LogP contribution is 2.30. The van der Waals surface area contributed by atoms with Gasteiger partial charge in [-0.1, -0.05) is 47.5 Å². The van der Waals surface area contributed by atoms with Gasteiger partial charge in [0, 0.05) is 41.0 Å². The van der Waals surface area contributed by atoms with Crippen molar-refractivity contribution in [1.82, 2.24) is 9.80 Å². The average Bonchev–Trinajstić information content (AvgIpc) is 3.10. The van der Waals surface area contributed by atoms with Crippen molar-refractivity contribution in [3.8, 4) is 0 Å². The van der Waals surface area contributed by atoms with E-state index in [1.807, 2.05) is 18.2 Å². The lowest BCUT2D eigenvalue weighted by Gasteiger charge is -2.30. The first kappa shape index (κ1) is 21.8. The number of likely N-dealkylation sites (N-methyl/N-ethyl adjacent to an activating group) is 2. The van der Waals surface area contributed by atoms with Crippen LogP contribution in [-0.2, 0) is 17.1 Å². The SMILES string of the molecule is CN1C(=O)C2C(=NC(SCc3c(F)cccc3Cl)=[N+]2Cc2ccccc2Cl)N(C)C1=O. The lowest BCUT2D eigenvalue weighted by Crippen LogP contribution is -2.61. The number of hydrogen-bond acceptors (Lipinski definition) is 4. The highest BCUT2D eigenvalue weighted by Gasteiger charge is 2.53. The van der Waals surface area contributed by atoms with E-state index < -0.39 is 17.9 Å². The molecule has 1 atom stereocenters. The van der Waals surface area contributed by atoms with Gasteiger partial charge in [-0.25, -0.2) is 13.8 Å². The van der Waals surface area contributed by atoms with E-state index in [1.165, 1.54) is 29.8 Å². The van der Waals surface area contributed by atoms with Crippen molar-refractivity contribution in [3.63, 3.8) is 0 Å². The lowest BCUT2D eigenvalue weighted by atomic mass is 10.1. The Hall–Kier alpha value is -2.42. The molecule has 31 heavy (non-hydrogen) atoms. The number of amidine groups is 2. The van der Waals surface area contributed by atoms with Gasteiger partial charge in [0.05, 0.1) is 0 Å². The van der Waals surface area contributed by atoms with E-state index in [0.717, 1.165) is 10.5 Å². The largest absolute Gasteiger partial charge is 0.358 e. The van der Waals surface area contributed by atoms with Crippen LogP contribution in [0.15, 0.2) is 47.5 Å². The molecule has 2 aromatic rings. The van der Waals surface area contributed by atoms with E-state index in [0.29, 0.717) is 33.2 Å². The molecular formula is C21H18Cl2FN4O2S+. The maximum absolute atomic E-state index is 14.3. The normalized spacial score (nSPS) is 18.6. The molecule has 1 unspecified atom stereocenters. The quantitative estimate of drug-likeness (QED) is 0.616. The third-order valence-corrected chi connectivity index (χ3v) is 6.94. The fraction of sp³-hybridized carbons (Fsp3) is 0.238. The zero-order chi connectivity index (χ0) is 22.3. The number of halogens is 3. The van der Waals surface area contributed by atoms with Crippen molar-refractivity contribution in [2.75, 3.05) is 14.1 Å². The second kappa shape index (κ2) is 8.61. The Morgan fingerprint density at radius 1 is 1.06 bits per heavy atom. The van der Waals surface area contributed by atoms with E-state index >= 15 is 0 Å². The molecule has 2 aliphatic heterocycles. The molecule has 3 amide bonds. The summed E-state index contributed by atoms with van der Waals surface area (Å²) >= 11 is 13.8. The van der Waals surface area contributed by atoms with E-state index in [4.69, 9.17) is 23.2 Å². The van der Waals surface area contributed by atoms with Gasteiger partial charge >= 0.3 is 11.2 Å². The van der Waals surface area contributed by atoms with E-state index in [2.05, 4.69) is 4.99 Å². The van der Waals surface area contributed by atoms with Crippen molar-refractivity contribution < 1.29 is 18.6 Å². The van der Waals surface area contributed by atoms with E-state index in [-0.39, 0.29) is 11.7 Å². The minimum Gasteiger partial charge on any atom is -0.269 e. The van der Waals surface area contributed by atoms with Gasteiger partial charge < -0.3 is 0 Å². The van der Waals surface area contributed by atoms with Crippen LogP contribution < -0.4 is 0 Å². The minimum atomic E-state index is -0.775. The van der Waals surface area contributed by atoms with Gasteiger partial charge in [-0.05, 0) is 35.0 Å². The summed E-state index contributed by atoms with van der Waals surface area (Å²) in [5.41, 5.74) is 1.15. The molecule has 6 nitrogen and oxygen atoms in total. The highest BCUT2D eigenvalue weighted by atomic mass is 35.5. The Balaban J connectivity index is 1.74. The number of imide groups is 1. The van der Waals surface area contributed by atoms with Crippen molar-refractivity contribution in [1.29, 1.82) is 0 Å². The number of benzene rings is 2. The van der Waals surface area contributed by atoms with Crippen LogP contribution in [0.1, 0.15) is 11.1 Å². The smallest absolute Gasteiger partial charge is 0.269 e. The van der Waals surface area contributed by atoms with Crippen molar-refractivity contribution >= 4 is 57.9 Å². The van der Waals surface area contributed by atoms with Crippen molar-refractivity contribution in [3.05, 3.63) is 69.5 Å². The van der Waals surface area contributed by atoms with Crippen LogP contribution in [0.25, 0.3) is 0 Å². The minimum absolute atomic E-state index is 0.213. The predicted molar refractivity (Wildman–Crippen MR) is 120 cm³/mol. The van der Waals surface area contributed by atoms with Crippen LogP contribution in [0.4, 0.5) is 9.18 Å². The molecule has 160 valence electrons. The molecule has 1 saturated heterocycles. The van der Waals surface area contributed by atoms with Crippen LogP contribution in [0, 0.1) is 5.82 Å². The van der Waals surface area contributed by atoms with Gasteiger partial charge in [-0.15, -0.1) is 0 Å². The monoisotopic (exact) mass is 479 g/mol. The molecule has 0 N–H and O–H groups in total. The summed E-state index contributed by atoms with van der Waals surface area (Å²) in [6.07, 6.45) is 0. The van der Waals surface area contributed by atoms with Crippen LogP contribution in [0.3, 0.4) is 0 Å². The molecule has 4 rings (SSSR count). The molecule has 2 aliphatic rings. The molecule has 0 saturated carbocycles. The fourth-order valence-electron chi connectivity index (χ4n) is 3.47. The Labute approximate surface area is 192 Å². The van der Waals surface area contributed by atoms with Crippen LogP contribution in [0.2, 0.25) is 10.0 Å². The number of thioether (sulfide) groups is 1. The van der Waals surface area contributed by atoms with Crippen LogP contribution >= 0.6 is 35.0 Å². The van der Waals surface area contributed by atoms with Crippen molar-refractivity contribution in [2.45, 2.75) is 18.3 Å². The first-order valence-electron chi connectivity index (χ1n) is 9.36. The molecular weight excluding hydrogens is 462 g/mol. The van der Waals surface area contributed by atoms with Gasteiger partial charge in [0.25, 0.3) is 17.8 Å². The van der Waals surface area contributed by atoms with Gasteiger partial charge in [-0.2, -0.15) is 0 Å². The summed E-state index contributed by atoms with van der Waals surface area (Å²) < 4.78 is 16.0. The molecule has 0 spiro atoms. The van der Waals surface area contributed by atoms with Gasteiger partial charge in [0.2, 0.25) is 0 Å². The topological polar surface area (TPSA) is 56.0 Å². The Morgan fingerprint density at radius 3 is 2.48 bits per heavy atom. The summed E-state index contributed by atoms with van der Waals surface area (Å²) in [5.74, 6) is -0.245. The molecule has 0 aliphatic carbocycles. The zero-order valence-corrected chi connectivity index (χ0v) is 19.0. The third-order valence-electron chi connectivity index (χ3n) is 5.20. The highest BCUT2D eigenvalue weighted by molar-refractivity contribution is 8.13. The number of urea groups is 1. The van der Waals surface area contributed by atoms with E-state index in [1.54, 1.807) is 29.8 Å². The molecule has 2 heterocycles. The molecule has 0 aromatic heterocycles. The van der Waals surface area contributed by atoms with Gasteiger partial charge in [0.1, 0.15) is 12.4 Å². The number of nitrogens with zero attached hydrogens (tertiary/aromatic N) is 4. The third kappa shape index (κ3) is 3.95. The summed E-state index contributed by atoms with van der Waals surface area (Å²) in [5, 5.41) is 1.36.